The van der Waals surface area contributed by atoms with Crippen LogP contribution in [0, 0.1) is 10.1 Å². The Labute approximate surface area is 197 Å². The van der Waals surface area contributed by atoms with Gasteiger partial charge in [-0.25, -0.2) is 9.78 Å². The largest absolute Gasteiger partial charge is 0.493 e. The second-order valence-corrected chi connectivity index (χ2v) is 7.20. The lowest BCUT2D eigenvalue weighted by atomic mass is 10.2. The summed E-state index contributed by atoms with van der Waals surface area (Å²) in [5.74, 6) is -0.975. The van der Waals surface area contributed by atoms with Crippen LogP contribution in [0.4, 0.5) is 11.5 Å². The number of anilines is 1. The lowest BCUT2D eigenvalue weighted by Crippen LogP contribution is -2.21. The lowest BCUT2D eigenvalue weighted by molar-refractivity contribution is -0.385. The van der Waals surface area contributed by atoms with Crippen LogP contribution in [-0.2, 0) is 9.53 Å². The first-order valence-corrected chi connectivity index (χ1v) is 9.91. The van der Waals surface area contributed by atoms with E-state index in [0.717, 1.165) is 6.07 Å². The zero-order valence-corrected chi connectivity index (χ0v) is 18.4. The lowest BCUT2D eigenvalue weighted by Gasteiger charge is -2.12. The second-order valence-electron chi connectivity index (χ2n) is 6.32. The molecule has 33 heavy (non-hydrogen) atoms. The van der Waals surface area contributed by atoms with Crippen LogP contribution in [0.1, 0.15) is 10.4 Å². The number of carbonyl (C=O) groups excluding carboxylic acids is 2. The summed E-state index contributed by atoms with van der Waals surface area (Å²) in [6.07, 6.45) is 1.36. The molecular formula is C21H15Cl2N3O7. The number of hydrogen-bond donors (Lipinski definition) is 1. The highest BCUT2D eigenvalue weighted by atomic mass is 35.5. The highest BCUT2D eigenvalue weighted by Gasteiger charge is 2.20. The maximum absolute atomic E-state index is 12.3. The van der Waals surface area contributed by atoms with Crippen LogP contribution in [0.15, 0.2) is 54.7 Å². The van der Waals surface area contributed by atoms with Crippen LogP contribution >= 0.6 is 23.2 Å². The molecule has 2 aromatic carbocycles. The minimum Gasteiger partial charge on any atom is -0.493 e. The van der Waals surface area contributed by atoms with Gasteiger partial charge < -0.3 is 19.5 Å². The molecule has 1 N–H and O–H groups in total. The van der Waals surface area contributed by atoms with Crippen LogP contribution in [0.25, 0.3) is 0 Å². The van der Waals surface area contributed by atoms with Crippen molar-refractivity contribution >= 4 is 46.6 Å². The summed E-state index contributed by atoms with van der Waals surface area (Å²) in [6, 6.07) is 11.0. The van der Waals surface area contributed by atoms with E-state index in [1.165, 1.54) is 49.7 Å². The Kier molecular flexibility index (Phi) is 7.65. The number of benzene rings is 2. The Balaban J connectivity index is 1.67. The van der Waals surface area contributed by atoms with E-state index in [4.69, 9.17) is 37.4 Å². The van der Waals surface area contributed by atoms with Crippen molar-refractivity contribution in [3.8, 4) is 17.2 Å². The molecule has 0 aliphatic heterocycles. The molecule has 0 bridgehead atoms. The quantitative estimate of drug-likeness (QED) is 0.267. The molecular weight excluding hydrogens is 477 g/mol. The van der Waals surface area contributed by atoms with Crippen molar-refractivity contribution in [2.45, 2.75) is 0 Å². The fraction of sp³-hybridized carbons (Fsp3) is 0.0952. The molecule has 0 atom stereocenters. The van der Waals surface area contributed by atoms with E-state index >= 15 is 0 Å². The third-order valence-corrected chi connectivity index (χ3v) is 4.52. The molecule has 3 rings (SSSR count). The molecule has 0 spiro atoms. The molecule has 10 nitrogen and oxygen atoms in total. The monoisotopic (exact) mass is 491 g/mol. The van der Waals surface area contributed by atoms with Gasteiger partial charge >= 0.3 is 11.7 Å². The van der Waals surface area contributed by atoms with Gasteiger partial charge in [0.05, 0.1) is 22.6 Å². The SMILES string of the molecule is COc1cc(C(=O)OCC(=O)Nc2ccc(Cl)cn2)ccc1Oc1ccc(Cl)cc1[N+](=O)[O-]. The Morgan fingerprint density at radius 2 is 1.76 bits per heavy atom. The van der Waals surface area contributed by atoms with Gasteiger partial charge in [0.2, 0.25) is 5.75 Å². The van der Waals surface area contributed by atoms with Crippen LogP contribution in [0.5, 0.6) is 17.2 Å². The number of methoxy groups -OCH3 is 1. The predicted molar refractivity (Wildman–Crippen MR) is 119 cm³/mol. The summed E-state index contributed by atoms with van der Waals surface area (Å²) in [5, 5.41) is 14.3. The number of amides is 1. The first-order valence-electron chi connectivity index (χ1n) is 9.15. The van der Waals surface area contributed by atoms with E-state index in [1.54, 1.807) is 6.07 Å². The van der Waals surface area contributed by atoms with Crippen molar-refractivity contribution in [2.75, 3.05) is 19.0 Å². The Bertz CT molecular complexity index is 1200. The second kappa shape index (κ2) is 10.6. The maximum atomic E-state index is 12.3. The molecule has 0 unspecified atom stereocenters. The number of ether oxygens (including phenoxy) is 3. The van der Waals surface area contributed by atoms with Gasteiger partial charge in [-0.3, -0.25) is 14.9 Å². The molecule has 0 radical (unpaired) electrons. The average Bonchev–Trinajstić information content (AvgIpc) is 2.80. The Morgan fingerprint density at radius 1 is 1.03 bits per heavy atom. The van der Waals surface area contributed by atoms with E-state index in [2.05, 4.69) is 10.3 Å². The van der Waals surface area contributed by atoms with Crippen molar-refractivity contribution in [2.24, 2.45) is 0 Å². The number of nitrogens with one attached hydrogen (secondary N) is 1. The topological polar surface area (TPSA) is 130 Å². The minimum atomic E-state index is -0.795. The van der Waals surface area contributed by atoms with Gasteiger partial charge in [-0.1, -0.05) is 23.2 Å². The minimum absolute atomic E-state index is 0.0643. The number of nitro groups is 1. The van der Waals surface area contributed by atoms with E-state index in [1.807, 2.05) is 0 Å². The van der Waals surface area contributed by atoms with E-state index in [0.29, 0.717) is 5.02 Å². The summed E-state index contributed by atoms with van der Waals surface area (Å²) >= 11 is 11.5. The molecule has 0 saturated heterocycles. The van der Waals surface area contributed by atoms with Crippen LogP contribution in [0.2, 0.25) is 10.0 Å². The van der Waals surface area contributed by atoms with Crippen LogP contribution in [0.3, 0.4) is 0 Å². The number of halogens is 2. The van der Waals surface area contributed by atoms with Crippen molar-refractivity contribution in [1.29, 1.82) is 0 Å². The van der Waals surface area contributed by atoms with E-state index in [-0.39, 0.29) is 39.3 Å². The van der Waals surface area contributed by atoms with Crippen LogP contribution in [-0.4, -0.2) is 35.5 Å². The molecule has 0 aliphatic rings. The molecule has 0 fully saturated rings. The Morgan fingerprint density at radius 3 is 2.42 bits per heavy atom. The molecule has 170 valence electrons. The fourth-order valence-corrected chi connectivity index (χ4v) is 2.84. The summed E-state index contributed by atoms with van der Waals surface area (Å²) in [6.45, 7) is -0.555. The number of rotatable bonds is 8. The molecule has 1 heterocycles. The standard InChI is InChI=1S/C21H15Cl2N3O7/c1-31-18-8-12(21(28)32-11-20(27)25-19-7-4-14(23)10-24-19)2-5-17(18)33-16-6-3-13(22)9-15(16)26(29)30/h2-10H,11H2,1H3,(H,24,25,27). The molecule has 0 saturated carbocycles. The zero-order chi connectivity index (χ0) is 24.0. The zero-order valence-electron chi connectivity index (χ0n) is 16.9. The van der Waals surface area contributed by atoms with Gasteiger partial charge in [-0.05, 0) is 42.5 Å². The normalized spacial score (nSPS) is 10.3. The summed E-state index contributed by atoms with van der Waals surface area (Å²) in [4.78, 5) is 38.8. The highest BCUT2D eigenvalue weighted by Crippen LogP contribution is 2.38. The van der Waals surface area contributed by atoms with Crippen molar-refractivity contribution in [1.82, 2.24) is 4.98 Å². The summed E-state index contributed by atoms with van der Waals surface area (Å²) < 4.78 is 15.8. The molecule has 12 heteroatoms. The van der Waals surface area contributed by atoms with Gasteiger partial charge in [0.1, 0.15) is 5.82 Å². The molecule has 0 aliphatic carbocycles. The fourth-order valence-electron chi connectivity index (χ4n) is 2.56. The molecule has 3 aromatic rings. The smallest absolute Gasteiger partial charge is 0.338 e. The van der Waals surface area contributed by atoms with Gasteiger partial charge in [-0.2, -0.15) is 0 Å². The average molecular weight is 492 g/mol. The maximum Gasteiger partial charge on any atom is 0.338 e. The molecule has 1 amide bonds. The highest BCUT2D eigenvalue weighted by molar-refractivity contribution is 6.31. The first-order chi connectivity index (χ1) is 15.8. The number of nitro benzene ring substituents is 1. The van der Waals surface area contributed by atoms with Gasteiger partial charge in [0, 0.05) is 17.3 Å². The molecule has 1 aromatic heterocycles. The van der Waals surface area contributed by atoms with Crippen molar-refractivity contribution in [3.63, 3.8) is 0 Å². The van der Waals surface area contributed by atoms with Crippen molar-refractivity contribution in [3.05, 3.63) is 80.5 Å². The number of esters is 1. The van der Waals surface area contributed by atoms with Gasteiger partial charge in [0.25, 0.3) is 5.91 Å². The number of carbonyl (C=O) groups is 2. The summed E-state index contributed by atoms with van der Waals surface area (Å²) in [5.41, 5.74) is -0.267. The predicted octanol–water partition coefficient (Wildman–Crippen LogP) is 4.89. The van der Waals surface area contributed by atoms with E-state index in [9.17, 15) is 19.7 Å². The van der Waals surface area contributed by atoms with Gasteiger partial charge in [0.15, 0.2) is 18.1 Å². The number of pyridine rings is 1. The summed E-state index contributed by atoms with van der Waals surface area (Å²) in [7, 11) is 1.33. The number of nitrogens with zero attached hydrogens (tertiary/aromatic N) is 2. The first kappa shape index (κ1) is 23.8. The van der Waals surface area contributed by atoms with Crippen LogP contribution < -0.4 is 14.8 Å². The number of hydrogen-bond acceptors (Lipinski definition) is 8. The third kappa shape index (κ3) is 6.31. The van der Waals surface area contributed by atoms with Gasteiger partial charge in [-0.15, -0.1) is 0 Å². The third-order valence-electron chi connectivity index (χ3n) is 4.07. The number of aromatic nitrogens is 1. The van der Waals surface area contributed by atoms with Crippen molar-refractivity contribution < 1.29 is 28.7 Å². The van der Waals surface area contributed by atoms with E-state index < -0.39 is 23.4 Å². The Hall–Kier alpha value is -3.89.